The first-order valence-corrected chi connectivity index (χ1v) is 6.21. The normalized spacial score (nSPS) is 19.1. The highest BCUT2D eigenvalue weighted by Gasteiger charge is 2.20. The van der Waals surface area contributed by atoms with Crippen molar-refractivity contribution in [3.63, 3.8) is 0 Å². The SMILES string of the molecule is Nc1cc2c(cc1N1CCCC1)NC(=O)CC2. The zero-order chi connectivity index (χ0) is 11.8. The van der Waals surface area contributed by atoms with E-state index in [1.165, 1.54) is 12.8 Å². The van der Waals surface area contributed by atoms with Crippen LogP contribution in [-0.4, -0.2) is 19.0 Å². The van der Waals surface area contributed by atoms with Crippen molar-refractivity contribution in [3.8, 4) is 0 Å². The van der Waals surface area contributed by atoms with E-state index in [4.69, 9.17) is 5.73 Å². The molecule has 1 fully saturated rings. The molecule has 90 valence electrons. The fourth-order valence-electron chi connectivity index (χ4n) is 2.67. The zero-order valence-corrected chi connectivity index (χ0v) is 9.83. The molecule has 0 unspecified atom stereocenters. The molecule has 1 saturated heterocycles. The lowest BCUT2D eigenvalue weighted by Crippen LogP contribution is -2.22. The highest BCUT2D eigenvalue weighted by molar-refractivity contribution is 5.95. The minimum atomic E-state index is 0.106. The van der Waals surface area contributed by atoms with Gasteiger partial charge in [-0.3, -0.25) is 4.79 Å². The average Bonchev–Trinajstić information content (AvgIpc) is 2.82. The maximum Gasteiger partial charge on any atom is 0.224 e. The minimum absolute atomic E-state index is 0.106. The van der Waals surface area contributed by atoms with Crippen molar-refractivity contribution in [3.05, 3.63) is 17.7 Å². The van der Waals surface area contributed by atoms with Gasteiger partial charge in [0.15, 0.2) is 0 Å². The van der Waals surface area contributed by atoms with Gasteiger partial charge in [0.1, 0.15) is 0 Å². The highest BCUT2D eigenvalue weighted by atomic mass is 16.1. The minimum Gasteiger partial charge on any atom is -0.397 e. The molecule has 1 amide bonds. The Kier molecular flexibility index (Phi) is 2.42. The fourth-order valence-corrected chi connectivity index (χ4v) is 2.67. The number of nitrogen functional groups attached to an aromatic ring is 1. The number of amides is 1. The maximum absolute atomic E-state index is 11.4. The molecule has 3 N–H and O–H groups in total. The first kappa shape index (κ1) is 10.4. The van der Waals surface area contributed by atoms with E-state index < -0.39 is 0 Å². The maximum atomic E-state index is 11.4. The van der Waals surface area contributed by atoms with Crippen molar-refractivity contribution < 1.29 is 4.79 Å². The van der Waals surface area contributed by atoms with Gasteiger partial charge in [-0.25, -0.2) is 0 Å². The summed E-state index contributed by atoms with van der Waals surface area (Å²) in [7, 11) is 0. The lowest BCUT2D eigenvalue weighted by Gasteiger charge is -2.24. The molecule has 0 atom stereocenters. The van der Waals surface area contributed by atoms with Crippen molar-refractivity contribution in [1.82, 2.24) is 0 Å². The molecule has 0 saturated carbocycles. The molecular formula is C13H17N3O. The zero-order valence-electron chi connectivity index (χ0n) is 9.83. The van der Waals surface area contributed by atoms with Crippen LogP contribution in [-0.2, 0) is 11.2 Å². The Morgan fingerprint density at radius 3 is 2.71 bits per heavy atom. The van der Waals surface area contributed by atoms with E-state index >= 15 is 0 Å². The highest BCUT2D eigenvalue weighted by Crippen LogP contribution is 2.34. The predicted octanol–water partition coefficient (Wildman–Crippen LogP) is 1.75. The van der Waals surface area contributed by atoms with Gasteiger partial charge in [-0.1, -0.05) is 0 Å². The van der Waals surface area contributed by atoms with Crippen LogP contribution in [0.15, 0.2) is 12.1 Å². The Labute approximate surface area is 101 Å². The third-order valence-corrected chi connectivity index (χ3v) is 3.59. The molecule has 4 nitrogen and oxygen atoms in total. The van der Waals surface area contributed by atoms with Crippen LogP contribution in [0.1, 0.15) is 24.8 Å². The van der Waals surface area contributed by atoms with Crippen LogP contribution in [0.4, 0.5) is 17.1 Å². The molecule has 0 aliphatic carbocycles. The Bertz CT molecular complexity index is 464. The van der Waals surface area contributed by atoms with E-state index in [-0.39, 0.29) is 5.91 Å². The number of nitrogens with one attached hydrogen (secondary N) is 1. The van der Waals surface area contributed by atoms with Crippen LogP contribution in [0.3, 0.4) is 0 Å². The molecule has 1 aromatic rings. The molecule has 17 heavy (non-hydrogen) atoms. The number of nitrogens with zero attached hydrogens (tertiary/aromatic N) is 1. The second-order valence-electron chi connectivity index (χ2n) is 4.81. The van der Waals surface area contributed by atoms with E-state index in [9.17, 15) is 4.79 Å². The summed E-state index contributed by atoms with van der Waals surface area (Å²) in [4.78, 5) is 13.7. The van der Waals surface area contributed by atoms with Crippen molar-refractivity contribution in [2.45, 2.75) is 25.7 Å². The molecule has 4 heteroatoms. The Morgan fingerprint density at radius 1 is 1.18 bits per heavy atom. The van der Waals surface area contributed by atoms with E-state index in [2.05, 4.69) is 10.2 Å². The molecular weight excluding hydrogens is 214 g/mol. The standard InChI is InChI=1S/C13H17N3O/c14-10-7-9-3-4-13(17)15-11(9)8-12(10)16-5-1-2-6-16/h7-8H,1-6,14H2,(H,15,17). The smallest absolute Gasteiger partial charge is 0.224 e. The molecule has 2 aliphatic rings. The Morgan fingerprint density at radius 2 is 1.94 bits per heavy atom. The van der Waals surface area contributed by atoms with E-state index in [0.29, 0.717) is 6.42 Å². The summed E-state index contributed by atoms with van der Waals surface area (Å²) in [5, 5.41) is 2.93. The lowest BCUT2D eigenvalue weighted by molar-refractivity contribution is -0.116. The van der Waals surface area contributed by atoms with Gasteiger partial charge < -0.3 is 16.0 Å². The number of nitrogens with two attached hydrogens (primary N) is 1. The molecule has 0 spiro atoms. The van der Waals surface area contributed by atoms with Gasteiger partial charge in [-0.05, 0) is 37.0 Å². The number of hydrogen-bond acceptors (Lipinski definition) is 3. The lowest BCUT2D eigenvalue weighted by atomic mass is 10.0. The Balaban J connectivity index is 1.99. The summed E-state index contributed by atoms with van der Waals surface area (Å²) >= 11 is 0. The summed E-state index contributed by atoms with van der Waals surface area (Å²) in [6.45, 7) is 2.13. The number of hydrogen-bond donors (Lipinski definition) is 2. The average molecular weight is 231 g/mol. The van der Waals surface area contributed by atoms with Crippen LogP contribution in [0.2, 0.25) is 0 Å². The quantitative estimate of drug-likeness (QED) is 0.724. The molecule has 3 rings (SSSR count). The van der Waals surface area contributed by atoms with Gasteiger partial charge in [0.05, 0.1) is 11.4 Å². The summed E-state index contributed by atoms with van der Waals surface area (Å²) in [5.74, 6) is 0.106. The van der Waals surface area contributed by atoms with Crippen molar-refractivity contribution in [2.24, 2.45) is 0 Å². The fraction of sp³-hybridized carbons (Fsp3) is 0.462. The van der Waals surface area contributed by atoms with E-state index in [1.54, 1.807) is 0 Å². The number of carbonyl (C=O) groups is 1. The molecule has 0 bridgehead atoms. The second kappa shape index (κ2) is 3.95. The van der Waals surface area contributed by atoms with Crippen LogP contribution in [0.25, 0.3) is 0 Å². The van der Waals surface area contributed by atoms with E-state index in [0.717, 1.165) is 42.1 Å². The van der Waals surface area contributed by atoms with Gasteiger partial charge in [-0.2, -0.15) is 0 Å². The van der Waals surface area contributed by atoms with Gasteiger partial charge >= 0.3 is 0 Å². The third kappa shape index (κ3) is 1.84. The number of carbonyl (C=O) groups excluding carboxylic acids is 1. The van der Waals surface area contributed by atoms with Crippen LogP contribution >= 0.6 is 0 Å². The first-order chi connectivity index (χ1) is 8.24. The van der Waals surface area contributed by atoms with E-state index in [1.807, 2.05) is 12.1 Å². The molecule has 0 aromatic heterocycles. The third-order valence-electron chi connectivity index (χ3n) is 3.59. The predicted molar refractivity (Wildman–Crippen MR) is 69.3 cm³/mol. The van der Waals surface area contributed by atoms with Crippen molar-refractivity contribution >= 4 is 23.0 Å². The second-order valence-corrected chi connectivity index (χ2v) is 4.81. The molecule has 1 aromatic carbocycles. The van der Waals surface area contributed by atoms with Crippen LogP contribution in [0.5, 0.6) is 0 Å². The van der Waals surface area contributed by atoms with Gasteiger partial charge in [0, 0.05) is 25.2 Å². The van der Waals surface area contributed by atoms with Gasteiger partial charge in [-0.15, -0.1) is 0 Å². The summed E-state index contributed by atoms with van der Waals surface area (Å²) in [6, 6.07) is 4.05. The topological polar surface area (TPSA) is 58.4 Å². The van der Waals surface area contributed by atoms with Gasteiger partial charge in [0.25, 0.3) is 0 Å². The largest absolute Gasteiger partial charge is 0.397 e. The van der Waals surface area contributed by atoms with Crippen molar-refractivity contribution in [2.75, 3.05) is 29.0 Å². The summed E-state index contributed by atoms with van der Waals surface area (Å²) < 4.78 is 0. The first-order valence-electron chi connectivity index (χ1n) is 6.21. The van der Waals surface area contributed by atoms with Crippen molar-refractivity contribution in [1.29, 1.82) is 0 Å². The Hall–Kier alpha value is -1.71. The van der Waals surface area contributed by atoms with Gasteiger partial charge in [0.2, 0.25) is 5.91 Å². The number of anilines is 3. The molecule has 0 radical (unpaired) electrons. The monoisotopic (exact) mass is 231 g/mol. The number of rotatable bonds is 1. The van der Waals surface area contributed by atoms with Crippen LogP contribution < -0.4 is 16.0 Å². The number of benzene rings is 1. The summed E-state index contributed by atoms with van der Waals surface area (Å²) in [6.07, 6.45) is 3.81. The number of fused-ring (bicyclic) bond motifs is 1. The summed E-state index contributed by atoms with van der Waals surface area (Å²) in [5.41, 5.74) is 10.1. The molecule has 2 aliphatic heterocycles. The molecule has 2 heterocycles. The van der Waals surface area contributed by atoms with Crippen LogP contribution in [0, 0.1) is 0 Å². The number of aryl methyl sites for hydroxylation is 1.